The maximum Gasteiger partial charge on any atom is 0.251 e. The number of ether oxygens (including phenoxy) is 2. The Morgan fingerprint density at radius 2 is 2.00 bits per heavy atom. The normalized spacial score (nSPS) is 20.6. The monoisotopic (exact) mass is 461 g/mol. The van der Waals surface area contributed by atoms with Gasteiger partial charge in [-0.1, -0.05) is 18.2 Å². The predicted molar refractivity (Wildman–Crippen MR) is 132 cm³/mol. The van der Waals surface area contributed by atoms with Crippen molar-refractivity contribution in [2.75, 3.05) is 39.1 Å². The van der Waals surface area contributed by atoms with E-state index in [9.17, 15) is 4.79 Å². The molecule has 178 valence electrons. The fourth-order valence-electron chi connectivity index (χ4n) is 4.76. The van der Waals surface area contributed by atoms with E-state index in [-0.39, 0.29) is 18.0 Å². The number of carbonyl (C=O) groups is 1. The van der Waals surface area contributed by atoms with E-state index in [1.807, 2.05) is 42.5 Å². The number of nitrogens with one attached hydrogen (secondary N) is 1. The second-order valence-electron chi connectivity index (χ2n) is 9.12. The summed E-state index contributed by atoms with van der Waals surface area (Å²) in [5, 5.41) is 3.86. The third kappa shape index (κ3) is 4.98. The van der Waals surface area contributed by atoms with Crippen LogP contribution in [-0.4, -0.2) is 66.3 Å². The van der Waals surface area contributed by atoms with Crippen LogP contribution in [-0.2, 0) is 4.74 Å². The molecule has 2 fully saturated rings. The summed E-state index contributed by atoms with van der Waals surface area (Å²) < 4.78 is 11.5. The molecule has 34 heavy (non-hydrogen) atoms. The predicted octanol–water partition coefficient (Wildman–Crippen LogP) is 3.26. The summed E-state index contributed by atoms with van der Waals surface area (Å²) in [4.78, 5) is 23.6. The highest BCUT2D eigenvalue weighted by atomic mass is 16.5. The molecule has 0 radical (unpaired) electrons. The smallest absolute Gasteiger partial charge is 0.251 e. The van der Waals surface area contributed by atoms with Crippen molar-refractivity contribution in [3.05, 3.63) is 48.0 Å². The van der Waals surface area contributed by atoms with Gasteiger partial charge in [0.05, 0.1) is 24.1 Å². The van der Waals surface area contributed by atoms with Crippen molar-refractivity contribution in [2.45, 2.75) is 37.8 Å². The van der Waals surface area contributed by atoms with Gasteiger partial charge >= 0.3 is 0 Å². The Balaban J connectivity index is 1.29. The Hall–Kier alpha value is -3.23. The lowest BCUT2D eigenvalue weighted by molar-refractivity contribution is 0.0950. The lowest BCUT2D eigenvalue weighted by atomic mass is 10.0. The molecule has 1 amide bonds. The zero-order valence-corrected chi connectivity index (χ0v) is 19.5. The molecule has 1 aromatic heterocycles. The number of amides is 1. The molecule has 0 saturated carbocycles. The lowest BCUT2D eigenvalue weighted by Crippen LogP contribution is -2.31. The third-order valence-electron chi connectivity index (χ3n) is 6.76. The molecule has 5 rings (SSSR count). The van der Waals surface area contributed by atoms with Crippen LogP contribution in [0.1, 0.15) is 36.0 Å². The Kier molecular flexibility index (Phi) is 6.60. The van der Waals surface area contributed by atoms with Gasteiger partial charge in [-0.05, 0) is 68.2 Å². The van der Waals surface area contributed by atoms with Crippen molar-refractivity contribution in [1.29, 1.82) is 0 Å². The number of aromatic nitrogens is 2. The molecule has 3 aromatic rings. The minimum atomic E-state index is -0.0379. The van der Waals surface area contributed by atoms with Crippen molar-refractivity contribution >= 4 is 22.8 Å². The average molecular weight is 462 g/mol. The van der Waals surface area contributed by atoms with Crippen LogP contribution in [0.25, 0.3) is 22.0 Å². The number of nitrogens with two attached hydrogens (primary N) is 1. The number of rotatable bonds is 7. The fraction of sp³-hybridized carbons (Fsp3) is 0.423. The summed E-state index contributed by atoms with van der Waals surface area (Å²) >= 11 is 0. The van der Waals surface area contributed by atoms with E-state index in [0.717, 1.165) is 41.4 Å². The average Bonchev–Trinajstić information content (AvgIpc) is 3.50. The second kappa shape index (κ2) is 9.95. The highest BCUT2D eigenvalue weighted by Crippen LogP contribution is 2.30. The zero-order valence-electron chi connectivity index (χ0n) is 19.5. The first-order valence-electron chi connectivity index (χ1n) is 12.0. The summed E-state index contributed by atoms with van der Waals surface area (Å²) in [5.41, 5.74) is 9.27. The van der Waals surface area contributed by atoms with E-state index in [1.54, 1.807) is 0 Å². The second-order valence-corrected chi connectivity index (χ2v) is 9.12. The summed E-state index contributed by atoms with van der Waals surface area (Å²) in [6.45, 7) is 3.08. The minimum absolute atomic E-state index is 0.0342. The molecule has 2 aliphatic heterocycles. The number of carbonyl (C=O) groups excluding carboxylic acids is 1. The first kappa shape index (κ1) is 22.6. The van der Waals surface area contributed by atoms with Crippen molar-refractivity contribution in [3.8, 4) is 17.0 Å². The molecule has 3 heterocycles. The fourth-order valence-corrected chi connectivity index (χ4v) is 4.76. The van der Waals surface area contributed by atoms with E-state index < -0.39 is 0 Å². The molecular weight excluding hydrogens is 430 g/mol. The molecule has 0 aliphatic carbocycles. The molecule has 0 spiro atoms. The first-order valence-corrected chi connectivity index (χ1v) is 12.0. The van der Waals surface area contributed by atoms with E-state index in [0.29, 0.717) is 37.2 Å². The van der Waals surface area contributed by atoms with Crippen LogP contribution in [0, 0.1) is 0 Å². The molecule has 2 atom stereocenters. The number of nitrogen functional groups attached to an aromatic ring is 1. The van der Waals surface area contributed by atoms with Gasteiger partial charge in [0.2, 0.25) is 11.8 Å². The standard InChI is InChI=1S/C26H31N5O3/c1-31-13-2-3-20(31)10-12-28-24(32)18-6-4-17(5-7-18)19-8-9-23-22(15-19)25(30-26(27)29-23)34-21-11-14-33-16-21/h4-9,15,20-21H,2-3,10-14,16H2,1H3,(H,28,32)(H2,27,29,30)/t20?,21-/m1/s1. The first-order chi connectivity index (χ1) is 16.6. The van der Waals surface area contributed by atoms with Crippen LogP contribution >= 0.6 is 0 Å². The minimum Gasteiger partial charge on any atom is -0.471 e. The maximum absolute atomic E-state index is 12.6. The number of nitrogens with zero attached hydrogens (tertiary/aromatic N) is 3. The van der Waals surface area contributed by atoms with Gasteiger partial charge in [0.1, 0.15) is 6.10 Å². The van der Waals surface area contributed by atoms with Gasteiger partial charge in [0.15, 0.2) is 0 Å². The molecule has 2 aliphatic rings. The maximum atomic E-state index is 12.6. The quantitative estimate of drug-likeness (QED) is 0.557. The highest BCUT2D eigenvalue weighted by molar-refractivity contribution is 5.95. The van der Waals surface area contributed by atoms with Crippen LogP contribution < -0.4 is 15.8 Å². The van der Waals surface area contributed by atoms with Crippen molar-refractivity contribution in [2.24, 2.45) is 0 Å². The topological polar surface area (TPSA) is 103 Å². The van der Waals surface area contributed by atoms with Gasteiger partial charge < -0.3 is 25.4 Å². The van der Waals surface area contributed by atoms with Gasteiger partial charge in [-0.2, -0.15) is 4.98 Å². The molecular formula is C26H31N5O3. The molecule has 8 nitrogen and oxygen atoms in total. The molecule has 8 heteroatoms. The van der Waals surface area contributed by atoms with Crippen molar-refractivity contribution in [3.63, 3.8) is 0 Å². The number of hydrogen-bond acceptors (Lipinski definition) is 7. The summed E-state index contributed by atoms with van der Waals surface area (Å²) in [7, 11) is 2.16. The van der Waals surface area contributed by atoms with Crippen molar-refractivity contribution < 1.29 is 14.3 Å². The Morgan fingerprint density at radius 3 is 2.74 bits per heavy atom. The van der Waals surface area contributed by atoms with Gasteiger partial charge in [0, 0.05) is 24.6 Å². The summed E-state index contributed by atoms with van der Waals surface area (Å²) in [6, 6.07) is 14.1. The van der Waals surface area contributed by atoms with Crippen LogP contribution in [0.5, 0.6) is 5.88 Å². The van der Waals surface area contributed by atoms with Crippen LogP contribution in [0.2, 0.25) is 0 Å². The van der Waals surface area contributed by atoms with Crippen LogP contribution in [0.4, 0.5) is 5.95 Å². The molecule has 1 unspecified atom stereocenters. The van der Waals surface area contributed by atoms with E-state index in [2.05, 4.69) is 27.2 Å². The third-order valence-corrected chi connectivity index (χ3v) is 6.76. The number of fused-ring (bicyclic) bond motifs is 1. The molecule has 0 bridgehead atoms. The van der Waals surface area contributed by atoms with Gasteiger partial charge in [-0.15, -0.1) is 0 Å². The van der Waals surface area contributed by atoms with Gasteiger partial charge in [-0.25, -0.2) is 4.98 Å². The highest BCUT2D eigenvalue weighted by Gasteiger charge is 2.21. The van der Waals surface area contributed by atoms with E-state index in [4.69, 9.17) is 15.2 Å². The van der Waals surface area contributed by atoms with E-state index in [1.165, 1.54) is 12.8 Å². The number of anilines is 1. The molecule has 2 aromatic carbocycles. The summed E-state index contributed by atoms with van der Waals surface area (Å²) in [6.07, 6.45) is 4.24. The molecule has 3 N–H and O–H groups in total. The zero-order chi connectivity index (χ0) is 23.5. The van der Waals surface area contributed by atoms with Crippen LogP contribution in [0.3, 0.4) is 0 Å². The SMILES string of the molecule is CN1CCCC1CCNC(=O)c1ccc(-c2ccc3nc(N)nc(O[C@@H]4CCOC4)c3c2)cc1. The Labute approximate surface area is 199 Å². The number of likely N-dealkylation sites (tertiary alicyclic amines) is 1. The van der Waals surface area contributed by atoms with Crippen molar-refractivity contribution in [1.82, 2.24) is 20.2 Å². The van der Waals surface area contributed by atoms with E-state index >= 15 is 0 Å². The molecule has 2 saturated heterocycles. The largest absolute Gasteiger partial charge is 0.471 e. The van der Waals surface area contributed by atoms with Gasteiger partial charge in [0.25, 0.3) is 5.91 Å². The van der Waals surface area contributed by atoms with Crippen LogP contribution in [0.15, 0.2) is 42.5 Å². The summed E-state index contributed by atoms with van der Waals surface area (Å²) in [5.74, 6) is 0.622. The number of benzene rings is 2. The lowest BCUT2D eigenvalue weighted by Gasteiger charge is -2.19. The van der Waals surface area contributed by atoms with Gasteiger partial charge in [-0.3, -0.25) is 4.79 Å². The number of hydrogen-bond donors (Lipinski definition) is 2. The Morgan fingerprint density at radius 1 is 1.18 bits per heavy atom. The Bertz CT molecular complexity index is 1160.